The summed E-state index contributed by atoms with van der Waals surface area (Å²) in [4.78, 5) is 2.32. The van der Waals surface area contributed by atoms with Crippen molar-refractivity contribution in [2.75, 3.05) is 11.4 Å². The molecule has 0 unspecified atom stereocenters. The van der Waals surface area contributed by atoms with Crippen molar-refractivity contribution in [3.63, 3.8) is 0 Å². The average Bonchev–Trinajstić information content (AvgIpc) is 3.08. The minimum Gasteiger partial charge on any atom is -0.368 e. The quantitative estimate of drug-likeness (QED) is 0.713. The van der Waals surface area contributed by atoms with Gasteiger partial charge in [0.05, 0.1) is 0 Å². The number of rotatable bonds is 5. The zero-order valence-corrected chi connectivity index (χ0v) is 11.2. The first kappa shape index (κ1) is 12.7. The van der Waals surface area contributed by atoms with E-state index in [1.165, 1.54) is 18.9 Å². The molecule has 0 amide bonds. The van der Waals surface area contributed by atoms with Crippen LogP contribution < -0.4 is 4.90 Å². The number of alkyl halides is 1. The van der Waals surface area contributed by atoms with Gasteiger partial charge >= 0.3 is 0 Å². The molecule has 1 nitrogen and oxygen atoms in total. The van der Waals surface area contributed by atoms with Crippen molar-refractivity contribution in [3.8, 4) is 0 Å². The fourth-order valence-corrected chi connectivity index (χ4v) is 2.28. The van der Waals surface area contributed by atoms with Gasteiger partial charge in [0.1, 0.15) is 5.82 Å². The Hall–Kier alpha value is -0.760. The zero-order valence-electron chi connectivity index (χ0n) is 10.4. The molecule has 1 aromatic carbocycles. The van der Waals surface area contributed by atoms with Gasteiger partial charge in [-0.3, -0.25) is 0 Å². The van der Waals surface area contributed by atoms with Crippen molar-refractivity contribution >= 4 is 17.3 Å². The number of nitrogens with zero attached hydrogens (tertiary/aromatic N) is 1. The van der Waals surface area contributed by atoms with E-state index in [9.17, 15) is 4.39 Å². The van der Waals surface area contributed by atoms with Gasteiger partial charge in [-0.15, -0.1) is 11.6 Å². The fourth-order valence-electron chi connectivity index (χ4n) is 2.12. The summed E-state index contributed by atoms with van der Waals surface area (Å²) in [6.07, 6.45) is 2.44. The summed E-state index contributed by atoms with van der Waals surface area (Å²) in [5.74, 6) is 0.760. The molecular weight excluding hydrogens is 237 g/mol. The largest absolute Gasteiger partial charge is 0.368 e. The molecule has 0 atom stereocenters. The molecule has 94 valence electrons. The second-order valence-corrected chi connectivity index (χ2v) is 5.50. The molecule has 1 fully saturated rings. The van der Waals surface area contributed by atoms with E-state index < -0.39 is 0 Å². The maximum Gasteiger partial charge on any atom is 0.125 e. The highest BCUT2D eigenvalue weighted by Gasteiger charge is 2.29. The van der Waals surface area contributed by atoms with Gasteiger partial charge in [0.25, 0.3) is 0 Å². The molecule has 0 heterocycles. The van der Waals surface area contributed by atoms with Crippen LogP contribution in [0.4, 0.5) is 10.1 Å². The molecule has 0 saturated heterocycles. The second-order valence-electron chi connectivity index (χ2n) is 5.23. The molecule has 0 radical (unpaired) electrons. The van der Waals surface area contributed by atoms with Gasteiger partial charge < -0.3 is 4.90 Å². The summed E-state index contributed by atoms with van der Waals surface area (Å²) in [6.45, 7) is 5.37. The molecule has 3 heteroatoms. The van der Waals surface area contributed by atoms with Crippen molar-refractivity contribution in [3.05, 3.63) is 29.6 Å². The van der Waals surface area contributed by atoms with E-state index in [0.29, 0.717) is 17.8 Å². The van der Waals surface area contributed by atoms with Crippen molar-refractivity contribution in [2.45, 2.75) is 38.6 Å². The maximum absolute atomic E-state index is 13.5. The summed E-state index contributed by atoms with van der Waals surface area (Å²) in [7, 11) is 0. The molecule has 2 rings (SSSR count). The van der Waals surface area contributed by atoms with E-state index in [-0.39, 0.29) is 5.82 Å². The van der Waals surface area contributed by atoms with Crippen LogP contribution in [0.15, 0.2) is 18.2 Å². The Morgan fingerprint density at radius 3 is 2.59 bits per heavy atom. The minimum atomic E-state index is -0.187. The normalized spacial score (nSPS) is 15.4. The molecule has 0 bridgehead atoms. The van der Waals surface area contributed by atoms with Gasteiger partial charge in [-0.25, -0.2) is 4.39 Å². The molecule has 17 heavy (non-hydrogen) atoms. The van der Waals surface area contributed by atoms with Crippen molar-refractivity contribution in [1.29, 1.82) is 0 Å². The average molecular weight is 256 g/mol. The van der Waals surface area contributed by atoms with Crippen LogP contribution in [-0.4, -0.2) is 12.6 Å². The predicted octanol–water partition coefficient (Wildman–Crippen LogP) is 4.19. The van der Waals surface area contributed by atoms with E-state index in [0.717, 1.165) is 17.8 Å². The van der Waals surface area contributed by atoms with Crippen LogP contribution in [0.5, 0.6) is 0 Å². The molecule has 0 spiro atoms. The van der Waals surface area contributed by atoms with Crippen molar-refractivity contribution in [1.82, 2.24) is 0 Å². The van der Waals surface area contributed by atoms with Gasteiger partial charge in [0.15, 0.2) is 0 Å². The van der Waals surface area contributed by atoms with Gasteiger partial charge in [-0.1, -0.05) is 13.8 Å². The monoisotopic (exact) mass is 255 g/mol. The number of hydrogen-bond donors (Lipinski definition) is 0. The van der Waals surface area contributed by atoms with Crippen molar-refractivity contribution in [2.24, 2.45) is 5.92 Å². The summed E-state index contributed by atoms with van der Waals surface area (Å²) in [5.41, 5.74) is 1.84. The highest BCUT2D eigenvalue weighted by molar-refractivity contribution is 6.17. The van der Waals surface area contributed by atoms with Crippen molar-refractivity contribution < 1.29 is 4.39 Å². The number of benzene rings is 1. The lowest BCUT2D eigenvalue weighted by Crippen LogP contribution is -2.29. The Kier molecular flexibility index (Phi) is 3.93. The number of hydrogen-bond acceptors (Lipinski definition) is 1. The van der Waals surface area contributed by atoms with Crippen LogP contribution in [-0.2, 0) is 5.88 Å². The van der Waals surface area contributed by atoms with Crippen LogP contribution in [0.25, 0.3) is 0 Å². The van der Waals surface area contributed by atoms with E-state index in [1.807, 2.05) is 6.07 Å². The van der Waals surface area contributed by atoms with E-state index >= 15 is 0 Å². The third-order valence-electron chi connectivity index (χ3n) is 2.98. The third-order valence-corrected chi connectivity index (χ3v) is 3.29. The number of anilines is 1. The van der Waals surface area contributed by atoms with E-state index in [4.69, 9.17) is 11.6 Å². The van der Waals surface area contributed by atoms with Gasteiger partial charge in [-0.05, 0) is 42.5 Å². The molecule has 1 aliphatic carbocycles. The lowest BCUT2D eigenvalue weighted by Gasteiger charge is -2.27. The Morgan fingerprint density at radius 1 is 1.35 bits per heavy atom. The van der Waals surface area contributed by atoms with Gasteiger partial charge in [-0.2, -0.15) is 0 Å². The smallest absolute Gasteiger partial charge is 0.125 e. The Bertz CT molecular complexity index is 388. The van der Waals surface area contributed by atoms with Crippen LogP contribution in [0.2, 0.25) is 0 Å². The molecule has 1 saturated carbocycles. The van der Waals surface area contributed by atoms with Crippen LogP contribution in [0, 0.1) is 11.7 Å². The maximum atomic E-state index is 13.5. The van der Waals surface area contributed by atoms with E-state index in [2.05, 4.69) is 18.7 Å². The summed E-state index contributed by atoms with van der Waals surface area (Å²) < 4.78 is 13.5. The lowest BCUT2D eigenvalue weighted by molar-refractivity contribution is 0.599. The molecular formula is C14H19ClFN. The Balaban J connectivity index is 2.25. The molecule has 0 aromatic heterocycles. The summed E-state index contributed by atoms with van der Waals surface area (Å²) in [6, 6.07) is 5.74. The molecule has 0 aliphatic heterocycles. The third kappa shape index (κ3) is 3.35. The topological polar surface area (TPSA) is 3.24 Å². The zero-order chi connectivity index (χ0) is 12.4. The first-order chi connectivity index (χ1) is 8.10. The summed E-state index contributed by atoms with van der Waals surface area (Å²) in [5, 5.41) is 0. The fraction of sp³-hybridized carbons (Fsp3) is 0.571. The lowest BCUT2D eigenvalue weighted by atomic mass is 10.1. The standard InChI is InChI=1S/C14H19ClFN/c1-10(2)9-17(13-3-4-13)14-6-11(8-15)5-12(16)7-14/h5-7,10,13H,3-4,8-9H2,1-2H3. The highest BCUT2D eigenvalue weighted by atomic mass is 35.5. The minimum absolute atomic E-state index is 0.187. The first-order valence-electron chi connectivity index (χ1n) is 6.22. The molecule has 1 aliphatic rings. The molecule has 0 N–H and O–H groups in total. The van der Waals surface area contributed by atoms with Crippen LogP contribution >= 0.6 is 11.6 Å². The second kappa shape index (κ2) is 5.26. The molecule has 1 aromatic rings. The van der Waals surface area contributed by atoms with Crippen LogP contribution in [0.3, 0.4) is 0 Å². The van der Waals surface area contributed by atoms with Gasteiger partial charge in [0, 0.05) is 24.2 Å². The Labute approximate surface area is 108 Å². The van der Waals surface area contributed by atoms with Gasteiger partial charge in [0.2, 0.25) is 0 Å². The Morgan fingerprint density at radius 2 is 2.06 bits per heavy atom. The summed E-state index contributed by atoms with van der Waals surface area (Å²) >= 11 is 5.79. The predicted molar refractivity (Wildman–Crippen MR) is 71.2 cm³/mol. The SMILES string of the molecule is CC(C)CN(c1cc(F)cc(CCl)c1)C1CC1. The number of halogens is 2. The first-order valence-corrected chi connectivity index (χ1v) is 6.75. The van der Waals surface area contributed by atoms with E-state index in [1.54, 1.807) is 6.07 Å². The van der Waals surface area contributed by atoms with Crippen LogP contribution in [0.1, 0.15) is 32.3 Å². The highest BCUT2D eigenvalue weighted by Crippen LogP contribution is 2.33.